The molecule has 0 saturated carbocycles. The van der Waals surface area contributed by atoms with E-state index in [9.17, 15) is 18.0 Å². The van der Waals surface area contributed by atoms with Gasteiger partial charge in [0.25, 0.3) is 5.91 Å². The number of carbonyl (C=O) groups is 1. The van der Waals surface area contributed by atoms with Crippen molar-refractivity contribution >= 4 is 5.91 Å². The Morgan fingerprint density at radius 2 is 2.10 bits per heavy atom. The SMILES string of the molecule is CCCCN1CCc2cc(OC(F)(F)F)ccc2C1=O. The molecule has 0 fully saturated rings. The van der Waals surface area contributed by atoms with E-state index in [4.69, 9.17) is 0 Å². The molecule has 1 amide bonds. The Balaban J connectivity index is 2.15. The topological polar surface area (TPSA) is 29.5 Å². The van der Waals surface area contributed by atoms with Crippen LogP contribution in [0, 0.1) is 0 Å². The third-order valence-electron chi connectivity index (χ3n) is 3.26. The van der Waals surface area contributed by atoms with Gasteiger partial charge in [-0.15, -0.1) is 13.2 Å². The Kier molecular flexibility index (Phi) is 4.20. The van der Waals surface area contributed by atoms with Crippen LogP contribution in [0.15, 0.2) is 18.2 Å². The van der Waals surface area contributed by atoms with Gasteiger partial charge in [-0.2, -0.15) is 0 Å². The van der Waals surface area contributed by atoms with Crippen LogP contribution >= 0.6 is 0 Å². The summed E-state index contributed by atoms with van der Waals surface area (Å²) in [5.74, 6) is -0.385. The highest BCUT2D eigenvalue weighted by molar-refractivity contribution is 5.96. The lowest BCUT2D eigenvalue weighted by molar-refractivity contribution is -0.274. The highest BCUT2D eigenvalue weighted by atomic mass is 19.4. The molecule has 1 aromatic carbocycles. The number of nitrogens with zero attached hydrogens (tertiary/aromatic N) is 1. The number of halogens is 3. The predicted molar refractivity (Wildman–Crippen MR) is 67.6 cm³/mol. The van der Waals surface area contributed by atoms with E-state index in [1.165, 1.54) is 18.2 Å². The summed E-state index contributed by atoms with van der Waals surface area (Å²) in [5, 5.41) is 0. The van der Waals surface area contributed by atoms with Crippen LogP contribution in [0.25, 0.3) is 0 Å². The number of fused-ring (bicyclic) bond motifs is 1. The molecule has 0 saturated heterocycles. The molecular formula is C14H16F3NO2. The second kappa shape index (κ2) is 5.73. The molecule has 0 aromatic heterocycles. The van der Waals surface area contributed by atoms with Crippen LogP contribution in [0.4, 0.5) is 13.2 Å². The van der Waals surface area contributed by atoms with Crippen LogP contribution in [0.5, 0.6) is 5.75 Å². The largest absolute Gasteiger partial charge is 0.573 e. The smallest absolute Gasteiger partial charge is 0.406 e. The fourth-order valence-corrected chi connectivity index (χ4v) is 2.27. The van der Waals surface area contributed by atoms with Crippen LogP contribution in [0.1, 0.15) is 35.7 Å². The molecule has 0 radical (unpaired) electrons. The monoisotopic (exact) mass is 287 g/mol. The first-order valence-corrected chi connectivity index (χ1v) is 6.58. The summed E-state index contributed by atoms with van der Waals surface area (Å²) in [7, 11) is 0. The molecule has 3 nitrogen and oxygen atoms in total. The Morgan fingerprint density at radius 3 is 2.75 bits per heavy atom. The second-order valence-electron chi connectivity index (χ2n) is 4.76. The first kappa shape index (κ1) is 14.7. The van der Waals surface area contributed by atoms with Crippen LogP contribution < -0.4 is 4.74 Å². The first-order chi connectivity index (χ1) is 9.40. The Morgan fingerprint density at radius 1 is 1.35 bits per heavy atom. The molecule has 0 unspecified atom stereocenters. The van der Waals surface area contributed by atoms with E-state index < -0.39 is 6.36 Å². The molecule has 2 rings (SSSR count). The molecule has 20 heavy (non-hydrogen) atoms. The summed E-state index contributed by atoms with van der Waals surface area (Å²) < 4.78 is 40.3. The standard InChI is InChI=1S/C14H16F3NO2/c1-2-3-7-18-8-6-10-9-11(20-14(15,16)17)4-5-12(10)13(18)19/h4-5,9H,2-3,6-8H2,1H3. The quantitative estimate of drug-likeness (QED) is 0.849. The number of unbranched alkanes of at least 4 members (excludes halogenated alkanes) is 1. The lowest BCUT2D eigenvalue weighted by Crippen LogP contribution is -2.38. The van der Waals surface area contributed by atoms with Crippen molar-refractivity contribution in [1.29, 1.82) is 0 Å². The van der Waals surface area contributed by atoms with Crippen molar-refractivity contribution in [1.82, 2.24) is 4.90 Å². The average Bonchev–Trinajstić information content (AvgIpc) is 2.36. The summed E-state index contributed by atoms with van der Waals surface area (Å²) in [6.45, 7) is 3.28. The van der Waals surface area contributed by atoms with Gasteiger partial charge in [-0.05, 0) is 36.6 Å². The van der Waals surface area contributed by atoms with Crippen molar-refractivity contribution in [3.05, 3.63) is 29.3 Å². The summed E-state index contributed by atoms with van der Waals surface area (Å²) in [4.78, 5) is 13.9. The van der Waals surface area contributed by atoms with Crippen molar-refractivity contribution in [2.45, 2.75) is 32.5 Å². The molecule has 1 aliphatic rings. The maximum Gasteiger partial charge on any atom is 0.573 e. The van der Waals surface area contributed by atoms with Crippen molar-refractivity contribution in [3.8, 4) is 5.75 Å². The third kappa shape index (κ3) is 3.43. The van der Waals surface area contributed by atoms with E-state index in [1.54, 1.807) is 4.90 Å². The number of alkyl halides is 3. The number of benzene rings is 1. The molecule has 6 heteroatoms. The van der Waals surface area contributed by atoms with Gasteiger partial charge >= 0.3 is 6.36 Å². The zero-order chi connectivity index (χ0) is 14.8. The van der Waals surface area contributed by atoms with E-state index in [1.807, 2.05) is 6.92 Å². The van der Waals surface area contributed by atoms with Crippen LogP contribution in [0.3, 0.4) is 0 Å². The number of hydrogen-bond acceptors (Lipinski definition) is 2. The normalized spacial score (nSPS) is 15.2. The van der Waals surface area contributed by atoms with E-state index in [0.29, 0.717) is 30.6 Å². The molecule has 1 aromatic rings. The minimum Gasteiger partial charge on any atom is -0.406 e. The van der Waals surface area contributed by atoms with E-state index in [0.717, 1.165) is 12.8 Å². The van der Waals surface area contributed by atoms with Crippen molar-refractivity contribution in [3.63, 3.8) is 0 Å². The lowest BCUT2D eigenvalue weighted by Gasteiger charge is -2.28. The highest BCUT2D eigenvalue weighted by Crippen LogP contribution is 2.28. The average molecular weight is 287 g/mol. The van der Waals surface area contributed by atoms with Gasteiger partial charge in [0.05, 0.1) is 0 Å². The minimum absolute atomic E-state index is 0.113. The van der Waals surface area contributed by atoms with Gasteiger partial charge in [0.1, 0.15) is 5.75 Å². The zero-order valence-corrected chi connectivity index (χ0v) is 11.2. The van der Waals surface area contributed by atoms with Gasteiger partial charge in [0.15, 0.2) is 0 Å². The maximum absolute atomic E-state index is 12.2. The van der Waals surface area contributed by atoms with Gasteiger partial charge in [-0.25, -0.2) is 0 Å². The van der Waals surface area contributed by atoms with Gasteiger partial charge in [0, 0.05) is 18.7 Å². The van der Waals surface area contributed by atoms with Crippen LogP contribution in [-0.2, 0) is 6.42 Å². The Labute approximate surface area is 115 Å². The van der Waals surface area contributed by atoms with Gasteiger partial charge in [0.2, 0.25) is 0 Å². The number of carbonyl (C=O) groups excluding carboxylic acids is 1. The highest BCUT2D eigenvalue weighted by Gasteiger charge is 2.32. The summed E-state index contributed by atoms with van der Waals surface area (Å²) in [6, 6.07) is 3.91. The number of rotatable bonds is 4. The fourth-order valence-electron chi connectivity index (χ4n) is 2.27. The van der Waals surface area contributed by atoms with E-state index >= 15 is 0 Å². The van der Waals surface area contributed by atoms with Gasteiger partial charge in [-0.3, -0.25) is 4.79 Å². The molecule has 0 aliphatic carbocycles. The van der Waals surface area contributed by atoms with Crippen LogP contribution in [-0.4, -0.2) is 30.3 Å². The van der Waals surface area contributed by atoms with Crippen molar-refractivity contribution in [2.24, 2.45) is 0 Å². The van der Waals surface area contributed by atoms with Crippen molar-refractivity contribution in [2.75, 3.05) is 13.1 Å². The fraction of sp³-hybridized carbons (Fsp3) is 0.500. The predicted octanol–water partition coefficient (Wildman–Crippen LogP) is 3.38. The van der Waals surface area contributed by atoms with E-state index in [2.05, 4.69) is 4.74 Å². The number of ether oxygens (including phenoxy) is 1. The Hall–Kier alpha value is -1.72. The zero-order valence-electron chi connectivity index (χ0n) is 11.2. The summed E-state index contributed by atoms with van der Waals surface area (Å²) in [5.41, 5.74) is 1.09. The summed E-state index contributed by atoms with van der Waals surface area (Å²) in [6.07, 6.45) is -2.23. The third-order valence-corrected chi connectivity index (χ3v) is 3.26. The van der Waals surface area contributed by atoms with E-state index in [-0.39, 0.29) is 11.7 Å². The molecule has 110 valence electrons. The lowest BCUT2D eigenvalue weighted by atomic mass is 9.98. The molecule has 1 aliphatic heterocycles. The van der Waals surface area contributed by atoms with Crippen molar-refractivity contribution < 1.29 is 22.7 Å². The number of amides is 1. The summed E-state index contributed by atoms with van der Waals surface area (Å²) >= 11 is 0. The van der Waals surface area contributed by atoms with Crippen LogP contribution in [0.2, 0.25) is 0 Å². The first-order valence-electron chi connectivity index (χ1n) is 6.58. The minimum atomic E-state index is -4.71. The Bertz CT molecular complexity index is 500. The maximum atomic E-state index is 12.2. The molecule has 0 bridgehead atoms. The molecular weight excluding hydrogens is 271 g/mol. The second-order valence-corrected chi connectivity index (χ2v) is 4.76. The molecule has 0 N–H and O–H groups in total. The van der Waals surface area contributed by atoms with Gasteiger partial charge < -0.3 is 9.64 Å². The molecule has 0 atom stereocenters. The molecule has 0 spiro atoms. The number of hydrogen-bond donors (Lipinski definition) is 0. The van der Waals surface area contributed by atoms with Gasteiger partial charge in [-0.1, -0.05) is 13.3 Å². The molecule has 1 heterocycles.